The van der Waals surface area contributed by atoms with E-state index in [2.05, 4.69) is 46.0 Å². The third-order valence-electron chi connectivity index (χ3n) is 6.21. The van der Waals surface area contributed by atoms with Crippen molar-refractivity contribution in [2.45, 2.75) is 12.5 Å². The number of carbonyl (C=O) groups excluding carboxylic acids is 1. The van der Waals surface area contributed by atoms with E-state index in [1.165, 1.54) is 0 Å². The zero-order chi connectivity index (χ0) is 22.8. The van der Waals surface area contributed by atoms with Gasteiger partial charge in [0.2, 0.25) is 0 Å². The van der Waals surface area contributed by atoms with Crippen molar-refractivity contribution in [1.82, 2.24) is 25.0 Å². The van der Waals surface area contributed by atoms with Crippen molar-refractivity contribution in [3.8, 4) is 23.0 Å². The van der Waals surface area contributed by atoms with Crippen LogP contribution in [0.4, 0.5) is 0 Å². The highest BCUT2D eigenvalue weighted by Crippen LogP contribution is 2.23. The SMILES string of the molecule is CN(C)[C@@H]1CCN(C(=O)c2ccc3[nH]nc(C#Cc4ccccc4-c4cccnc4)c3c2)C1. The fraction of sp³-hybridized carbons (Fsp3) is 0.222. The molecule has 33 heavy (non-hydrogen) atoms. The molecule has 6 heteroatoms. The van der Waals surface area contributed by atoms with Gasteiger partial charge in [0.05, 0.1) is 5.52 Å². The molecule has 1 fully saturated rings. The first kappa shape index (κ1) is 20.9. The summed E-state index contributed by atoms with van der Waals surface area (Å²) in [5.41, 5.74) is 5.11. The first-order valence-corrected chi connectivity index (χ1v) is 11.1. The minimum atomic E-state index is 0.0586. The van der Waals surface area contributed by atoms with Crippen LogP contribution in [0, 0.1) is 11.8 Å². The van der Waals surface area contributed by atoms with Crippen LogP contribution in [0.2, 0.25) is 0 Å². The predicted octanol–water partition coefficient (Wildman–Crippen LogP) is 3.80. The molecule has 1 amide bonds. The highest BCUT2D eigenvalue weighted by Gasteiger charge is 2.28. The molecule has 0 radical (unpaired) electrons. The molecule has 5 rings (SSSR count). The van der Waals surface area contributed by atoms with Gasteiger partial charge in [-0.2, -0.15) is 5.10 Å². The van der Waals surface area contributed by atoms with Gasteiger partial charge in [0.25, 0.3) is 5.91 Å². The molecule has 0 bridgehead atoms. The van der Waals surface area contributed by atoms with Crippen molar-refractivity contribution in [1.29, 1.82) is 0 Å². The van der Waals surface area contributed by atoms with Crippen LogP contribution in [-0.4, -0.2) is 64.1 Å². The molecule has 6 nitrogen and oxygen atoms in total. The van der Waals surface area contributed by atoms with Gasteiger partial charge in [-0.25, -0.2) is 0 Å². The van der Waals surface area contributed by atoms with E-state index < -0.39 is 0 Å². The molecule has 0 saturated carbocycles. The Morgan fingerprint density at radius 3 is 2.79 bits per heavy atom. The van der Waals surface area contributed by atoms with Crippen molar-refractivity contribution in [3.05, 3.63) is 83.8 Å². The van der Waals surface area contributed by atoms with Crippen LogP contribution < -0.4 is 0 Å². The second-order valence-corrected chi connectivity index (χ2v) is 8.53. The number of rotatable bonds is 3. The monoisotopic (exact) mass is 435 g/mol. The van der Waals surface area contributed by atoms with E-state index in [-0.39, 0.29) is 5.91 Å². The molecule has 4 aromatic rings. The number of H-pyrrole nitrogens is 1. The molecule has 0 spiro atoms. The number of hydrogen-bond acceptors (Lipinski definition) is 4. The Labute approximate surface area is 193 Å². The summed E-state index contributed by atoms with van der Waals surface area (Å²) < 4.78 is 0. The van der Waals surface area contributed by atoms with Crippen molar-refractivity contribution in [3.63, 3.8) is 0 Å². The van der Waals surface area contributed by atoms with Crippen LogP contribution >= 0.6 is 0 Å². The maximum absolute atomic E-state index is 13.1. The van der Waals surface area contributed by atoms with Gasteiger partial charge in [-0.15, -0.1) is 0 Å². The summed E-state index contributed by atoms with van der Waals surface area (Å²) >= 11 is 0. The number of likely N-dealkylation sites (tertiary alicyclic amines) is 1. The zero-order valence-corrected chi connectivity index (χ0v) is 18.7. The van der Waals surface area contributed by atoms with Crippen LogP contribution in [-0.2, 0) is 0 Å². The van der Waals surface area contributed by atoms with E-state index in [0.717, 1.165) is 47.1 Å². The largest absolute Gasteiger partial charge is 0.337 e. The molecule has 1 saturated heterocycles. The molecule has 1 aliphatic heterocycles. The normalized spacial score (nSPS) is 15.6. The van der Waals surface area contributed by atoms with Gasteiger partial charge in [-0.1, -0.05) is 30.2 Å². The van der Waals surface area contributed by atoms with Gasteiger partial charge in [0, 0.05) is 53.6 Å². The summed E-state index contributed by atoms with van der Waals surface area (Å²) in [7, 11) is 4.13. The number of amides is 1. The summed E-state index contributed by atoms with van der Waals surface area (Å²) in [6.45, 7) is 1.54. The third-order valence-corrected chi connectivity index (χ3v) is 6.21. The van der Waals surface area contributed by atoms with E-state index in [9.17, 15) is 4.79 Å². The lowest BCUT2D eigenvalue weighted by molar-refractivity contribution is 0.0783. The van der Waals surface area contributed by atoms with Crippen LogP contribution in [0.15, 0.2) is 67.0 Å². The molecule has 1 aliphatic rings. The number of aromatic nitrogens is 3. The zero-order valence-electron chi connectivity index (χ0n) is 18.7. The summed E-state index contributed by atoms with van der Waals surface area (Å²) in [5.74, 6) is 6.53. The fourth-order valence-corrected chi connectivity index (χ4v) is 4.27. The first-order valence-electron chi connectivity index (χ1n) is 11.1. The minimum Gasteiger partial charge on any atom is -0.337 e. The summed E-state index contributed by atoms with van der Waals surface area (Å²) in [4.78, 5) is 21.4. The Kier molecular flexibility index (Phi) is 5.64. The average Bonchev–Trinajstić information content (AvgIpc) is 3.50. The molecule has 164 valence electrons. The fourth-order valence-electron chi connectivity index (χ4n) is 4.27. The van der Waals surface area contributed by atoms with Gasteiger partial charge >= 0.3 is 0 Å². The number of benzene rings is 2. The molecule has 0 unspecified atom stereocenters. The van der Waals surface area contributed by atoms with Crippen LogP contribution in [0.25, 0.3) is 22.0 Å². The van der Waals surface area contributed by atoms with Crippen molar-refractivity contribution < 1.29 is 4.79 Å². The van der Waals surface area contributed by atoms with E-state index in [1.807, 2.05) is 65.7 Å². The highest BCUT2D eigenvalue weighted by molar-refractivity contribution is 5.99. The summed E-state index contributed by atoms with van der Waals surface area (Å²) in [5, 5.41) is 8.29. The van der Waals surface area contributed by atoms with E-state index >= 15 is 0 Å². The second kappa shape index (κ2) is 8.89. The Bertz CT molecular complexity index is 1360. The van der Waals surface area contributed by atoms with Gasteiger partial charge in [0.1, 0.15) is 5.69 Å². The van der Waals surface area contributed by atoms with Crippen molar-refractivity contribution in [2.24, 2.45) is 0 Å². The first-order chi connectivity index (χ1) is 16.1. The lowest BCUT2D eigenvalue weighted by atomic mass is 10.0. The maximum Gasteiger partial charge on any atom is 0.253 e. The quantitative estimate of drug-likeness (QED) is 0.497. The third kappa shape index (κ3) is 4.23. The van der Waals surface area contributed by atoms with Gasteiger partial charge in [-0.05, 0) is 62.3 Å². The average molecular weight is 436 g/mol. The summed E-state index contributed by atoms with van der Waals surface area (Å²) in [6, 6.07) is 18.0. The van der Waals surface area contributed by atoms with Gasteiger partial charge in [0.15, 0.2) is 0 Å². The molecule has 2 aromatic heterocycles. The molecule has 2 aromatic carbocycles. The molecule has 3 heterocycles. The Balaban J connectivity index is 1.45. The Morgan fingerprint density at radius 1 is 1.12 bits per heavy atom. The molecular formula is C27H25N5O. The smallest absolute Gasteiger partial charge is 0.253 e. The number of nitrogens with zero attached hydrogens (tertiary/aromatic N) is 4. The lowest BCUT2D eigenvalue weighted by Crippen LogP contribution is -2.34. The number of carbonyl (C=O) groups is 1. The van der Waals surface area contributed by atoms with E-state index in [0.29, 0.717) is 17.3 Å². The second-order valence-electron chi connectivity index (χ2n) is 8.53. The highest BCUT2D eigenvalue weighted by atomic mass is 16.2. The Hall–Kier alpha value is -3.95. The number of nitrogens with one attached hydrogen (secondary N) is 1. The minimum absolute atomic E-state index is 0.0586. The standard InChI is InChI=1S/C27H25N5O/c1-31(2)22-13-15-32(18-22)27(33)20-10-12-26-24(16-20)25(29-30-26)11-9-19-6-3-4-8-23(19)21-7-5-14-28-17-21/h3-8,10,12,14,16-17,22H,13,15,18H2,1-2H3,(H,29,30)/t22-/m1/s1. The molecule has 1 atom stereocenters. The maximum atomic E-state index is 13.1. The van der Waals surface area contributed by atoms with Crippen LogP contribution in [0.3, 0.4) is 0 Å². The predicted molar refractivity (Wildman–Crippen MR) is 130 cm³/mol. The van der Waals surface area contributed by atoms with Crippen molar-refractivity contribution >= 4 is 16.8 Å². The van der Waals surface area contributed by atoms with Crippen LogP contribution in [0.1, 0.15) is 28.0 Å². The lowest BCUT2D eigenvalue weighted by Gasteiger charge is -2.20. The van der Waals surface area contributed by atoms with E-state index in [4.69, 9.17) is 0 Å². The number of hydrogen-bond donors (Lipinski definition) is 1. The van der Waals surface area contributed by atoms with Crippen LogP contribution in [0.5, 0.6) is 0 Å². The number of aromatic amines is 1. The number of pyridine rings is 1. The molecular weight excluding hydrogens is 410 g/mol. The van der Waals surface area contributed by atoms with Gasteiger partial charge < -0.3 is 9.80 Å². The Morgan fingerprint density at radius 2 is 2.00 bits per heavy atom. The molecule has 0 aliphatic carbocycles. The van der Waals surface area contributed by atoms with Crippen molar-refractivity contribution in [2.75, 3.05) is 27.2 Å². The topological polar surface area (TPSA) is 65.1 Å². The van der Waals surface area contributed by atoms with Gasteiger partial charge in [-0.3, -0.25) is 14.9 Å². The summed E-state index contributed by atoms with van der Waals surface area (Å²) in [6.07, 6.45) is 4.59. The molecule has 1 N–H and O–H groups in total. The van der Waals surface area contributed by atoms with E-state index in [1.54, 1.807) is 6.20 Å². The number of fused-ring (bicyclic) bond motifs is 1. The number of likely N-dealkylation sites (N-methyl/N-ethyl adjacent to an activating group) is 1.